The largest absolute Gasteiger partial charge is 0.478 e. The Morgan fingerprint density at radius 2 is 2.64 bits per heavy atom. The Kier molecular flexibility index (Phi) is 2.95. The average Bonchev–Trinajstić information content (AvgIpc) is 2.06. The van der Waals surface area contributed by atoms with Gasteiger partial charge in [-0.05, 0) is 6.42 Å². The predicted octanol–water partition coefficient (Wildman–Crippen LogP) is 1.06. The summed E-state index contributed by atoms with van der Waals surface area (Å²) in [6.45, 7) is 3.64. The lowest BCUT2D eigenvalue weighted by atomic mass is 10.3. The lowest BCUT2D eigenvalue weighted by Crippen LogP contribution is -2.13. The molecule has 11 heavy (non-hydrogen) atoms. The molecule has 0 saturated carbocycles. The summed E-state index contributed by atoms with van der Waals surface area (Å²) < 4.78 is 5.24. The van der Waals surface area contributed by atoms with Crippen molar-refractivity contribution in [2.45, 2.75) is 19.8 Å². The summed E-state index contributed by atoms with van der Waals surface area (Å²) in [7, 11) is 0. The smallest absolute Gasteiger partial charge is 0.210 e. The summed E-state index contributed by atoms with van der Waals surface area (Å²) in [6, 6.07) is 0. The minimum Gasteiger partial charge on any atom is -0.478 e. The molecule has 0 atom stereocenters. The highest BCUT2D eigenvalue weighted by Gasteiger charge is 2.02. The SMILES string of the molecule is CCC(N)=CC1=NCCCO1. The fourth-order valence-electron chi connectivity index (χ4n) is 0.824. The van der Waals surface area contributed by atoms with Crippen molar-refractivity contribution in [3.8, 4) is 0 Å². The molecule has 0 spiro atoms. The van der Waals surface area contributed by atoms with E-state index in [0.717, 1.165) is 31.7 Å². The molecule has 0 aliphatic carbocycles. The first-order valence-corrected chi connectivity index (χ1v) is 3.96. The fraction of sp³-hybridized carbons (Fsp3) is 0.625. The van der Waals surface area contributed by atoms with Gasteiger partial charge in [-0.1, -0.05) is 6.92 Å². The van der Waals surface area contributed by atoms with Crippen LogP contribution >= 0.6 is 0 Å². The van der Waals surface area contributed by atoms with Gasteiger partial charge in [-0.25, -0.2) is 0 Å². The molecule has 0 saturated heterocycles. The summed E-state index contributed by atoms with van der Waals surface area (Å²) in [5.74, 6) is 0.690. The zero-order valence-corrected chi connectivity index (χ0v) is 6.84. The van der Waals surface area contributed by atoms with Gasteiger partial charge >= 0.3 is 0 Å². The number of aliphatic imine (C=N–C) groups is 1. The van der Waals surface area contributed by atoms with Crippen LogP contribution in [0.5, 0.6) is 0 Å². The van der Waals surface area contributed by atoms with Crippen LogP contribution < -0.4 is 5.73 Å². The molecule has 0 radical (unpaired) electrons. The number of nitrogens with zero attached hydrogens (tertiary/aromatic N) is 1. The number of rotatable bonds is 2. The van der Waals surface area contributed by atoms with Gasteiger partial charge in [0.1, 0.15) is 0 Å². The van der Waals surface area contributed by atoms with E-state index in [-0.39, 0.29) is 0 Å². The molecule has 3 nitrogen and oxygen atoms in total. The number of allylic oxidation sites excluding steroid dienone is 1. The van der Waals surface area contributed by atoms with Crippen LogP contribution in [0.2, 0.25) is 0 Å². The van der Waals surface area contributed by atoms with E-state index in [1.807, 2.05) is 6.92 Å². The summed E-state index contributed by atoms with van der Waals surface area (Å²) in [4.78, 5) is 4.16. The fourth-order valence-corrected chi connectivity index (χ4v) is 0.824. The Balaban J connectivity index is 2.53. The molecule has 62 valence electrons. The Labute approximate surface area is 66.9 Å². The van der Waals surface area contributed by atoms with Crippen LogP contribution in [-0.4, -0.2) is 19.0 Å². The van der Waals surface area contributed by atoms with E-state index in [1.165, 1.54) is 0 Å². The minimum absolute atomic E-state index is 0.690. The normalized spacial score (nSPS) is 19.0. The standard InChI is InChI=1S/C8H14N2O/c1-2-7(9)6-8-10-4-3-5-11-8/h6H,2-5,9H2,1H3. The number of nitrogens with two attached hydrogens (primary N) is 1. The van der Waals surface area contributed by atoms with Gasteiger partial charge in [0.25, 0.3) is 0 Å². The van der Waals surface area contributed by atoms with Crippen LogP contribution in [0.4, 0.5) is 0 Å². The third kappa shape index (κ3) is 2.62. The first-order valence-electron chi connectivity index (χ1n) is 3.96. The van der Waals surface area contributed by atoms with Crippen molar-refractivity contribution in [3.63, 3.8) is 0 Å². The highest BCUT2D eigenvalue weighted by atomic mass is 16.5. The minimum atomic E-state index is 0.690. The van der Waals surface area contributed by atoms with Crippen molar-refractivity contribution in [2.75, 3.05) is 13.2 Å². The molecule has 0 aromatic rings. The van der Waals surface area contributed by atoms with E-state index in [9.17, 15) is 0 Å². The molecule has 2 N–H and O–H groups in total. The second-order valence-corrected chi connectivity index (χ2v) is 2.49. The quantitative estimate of drug-likeness (QED) is 0.646. The summed E-state index contributed by atoms with van der Waals surface area (Å²) >= 11 is 0. The van der Waals surface area contributed by atoms with Crippen LogP contribution in [-0.2, 0) is 4.74 Å². The second kappa shape index (κ2) is 4.01. The maximum Gasteiger partial charge on any atom is 0.210 e. The second-order valence-electron chi connectivity index (χ2n) is 2.49. The van der Waals surface area contributed by atoms with Crippen molar-refractivity contribution in [1.82, 2.24) is 0 Å². The summed E-state index contributed by atoms with van der Waals surface area (Å²) in [5.41, 5.74) is 6.43. The Hall–Kier alpha value is -0.990. The van der Waals surface area contributed by atoms with E-state index in [1.54, 1.807) is 6.08 Å². The van der Waals surface area contributed by atoms with Crippen LogP contribution in [0.25, 0.3) is 0 Å². The van der Waals surface area contributed by atoms with Gasteiger partial charge in [0.15, 0.2) is 0 Å². The maximum absolute atomic E-state index is 5.60. The first kappa shape index (κ1) is 8.11. The van der Waals surface area contributed by atoms with Crippen LogP contribution in [0.3, 0.4) is 0 Å². The summed E-state index contributed by atoms with van der Waals surface area (Å²) in [5, 5.41) is 0. The molecule has 0 fully saturated rings. The highest BCUT2D eigenvalue weighted by Crippen LogP contribution is 2.00. The molecular formula is C8H14N2O. The molecule has 0 bridgehead atoms. The van der Waals surface area contributed by atoms with Crippen molar-refractivity contribution >= 4 is 5.90 Å². The van der Waals surface area contributed by atoms with Crippen molar-refractivity contribution in [3.05, 3.63) is 11.8 Å². The highest BCUT2D eigenvalue weighted by molar-refractivity contribution is 5.88. The molecule has 1 heterocycles. The molecule has 0 aromatic heterocycles. The lowest BCUT2D eigenvalue weighted by Gasteiger charge is -2.10. The molecule has 1 rings (SSSR count). The van der Waals surface area contributed by atoms with E-state index >= 15 is 0 Å². The lowest BCUT2D eigenvalue weighted by molar-refractivity contribution is 0.285. The zero-order chi connectivity index (χ0) is 8.10. The van der Waals surface area contributed by atoms with Gasteiger partial charge in [-0.15, -0.1) is 0 Å². The van der Waals surface area contributed by atoms with Gasteiger partial charge in [-0.3, -0.25) is 4.99 Å². The van der Waals surface area contributed by atoms with E-state index in [2.05, 4.69) is 4.99 Å². The molecule has 0 amide bonds. The van der Waals surface area contributed by atoms with Crippen molar-refractivity contribution < 1.29 is 4.74 Å². The number of hydrogen-bond acceptors (Lipinski definition) is 3. The first-order chi connectivity index (χ1) is 5.33. The zero-order valence-electron chi connectivity index (χ0n) is 6.84. The monoisotopic (exact) mass is 154 g/mol. The van der Waals surface area contributed by atoms with Crippen LogP contribution in [0.15, 0.2) is 16.8 Å². The van der Waals surface area contributed by atoms with Crippen LogP contribution in [0.1, 0.15) is 19.8 Å². The third-order valence-electron chi connectivity index (χ3n) is 1.54. The number of ether oxygens (including phenoxy) is 1. The van der Waals surface area contributed by atoms with Crippen molar-refractivity contribution in [2.24, 2.45) is 10.7 Å². The molecular weight excluding hydrogens is 140 g/mol. The molecule has 1 aliphatic heterocycles. The van der Waals surface area contributed by atoms with E-state index in [4.69, 9.17) is 10.5 Å². The maximum atomic E-state index is 5.60. The Morgan fingerprint density at radius 3 is 3.18 bits per heavy atom. The molecule has 0 unspecified atom stereocenters. The van der Waals surface area contributed by atoms with Gasteiger partial charge in [0, 0.05) is 24.7 Å². The number of hydrogen-bond donors (Lipinski definition) is 1. The van der Waals surface area contributed by atoms with E-state index < -0.39 is 0 Å². The topological polar surface area (TPSA) is 47.6 Å². The van der Waals surface area contributed by atoms with Crippen LogP contribution in [0, 0.1) is 0 Å². The molecule has 3 heteroatoms. The Bertz CT molecular complexity index is 185. The van der Waals surface area contributed by atoms with Gasteiger partial charge in [0.05, 0.1) is 6.61 Å². The van der Waals surface area contributed by atoms with Gasteiger partial charge in [-0.2, -0.15) is 0 Å². The summed E-state index contributed by atoms with van der Waals surface area (Å²) in [6.07, 6.45) is 3.67. The van der Waals surface area contributed by atoms with Gasteiger partial charge in [0.2, 0.25) is 5.90 Å². The predicted molar refractivity (Wildman–Crippen MR) is 45.4 cm³/mol. The van der Waals surface area contributed by atoms with Gasteiger partial charge < -0.3 is 10.5 Å². The van der Waals surface area contributed by atoms with Crippen molar-refractivity contribution in [1.29, 1.82) is 0 Å². The molecule has 1 aliphatic rings. The average molecular weight is 154 g/mol. The third-order valence-corrected chi connectivity index (χ3v) is 1.54. The molecule has 0 aromatic carbocycles. The Morgan fingerprint density at radius 1 is 1.82 bits per heavy atom. The van der Waals surface area contributed by atoms with E-state index in [0.29, 0.717) is 5.90 Å².